The molecular weight excluding hydrogens is 482 g/mol. The van der Waals surface area contributed by atoms with E-state index in [1.165, 1.54) is 23.0 Å². The second-order valence-corrected chi connectivity index (χ2v) is 11.4. The minimum atomic E-state index is -0.0302. The summed E-state index contributed by atoms with van der Waals surface area (Å²) in [4.78, 5) is 23.3. The average molecular weight is 522 g/mol. The fourth-order valence-electron chi connectivity index (χ4n) is 5.37. The first-order valence-corrected chi connectivity index (χ1v) is 13.9. The Hall–Kier alpha value is -2.77. The van der Waals surface area contributed by atoms with E-state index in [4.69, 9.17) is 14.5 Å². The fraction of sp³-hybridized carbons (Fsp3) is 0.467. The van der Waals surface area contributed by atoms with Crippen LogP contribution in [0.3, 0.4) is 0 Å². The van der Waals surface area contributed by atoms with Gasteiger partial charge in [-0.25, -0.2) is 4.99 Å². The predicted octanol–water partition coefficient (Wildman–Crippen LogP) is 6.84. The van der Waals surface area contributed by atoms with Crippen LogP contribution in [0.1, 0.15) is 64.0 Å². The summed E-state index contributed by atoms with van der Waals surface area (Å²) in [5.74, 6) is 1.16. The second-order valence-electron chi connectivity index (χ2n) is 10.4. The van der Waals surface area contributed by atoms with Crippen molar-refractivity contribution in [3.8, 4) is 5.75 Å². The lowest BCUT2D eigenvalue weighted by Crippen LogP contribution is -2.48. The number of benzene rings is 2. The van der Waals surface area contributed by atoms with Crippen LogP contribution in [0, 0.1) is 0 Å². The Labute approximate surface area is 225 Å². The smallest absolute Gasteiger partial charge is 0.266 e. The van der Waals surface area contributed by atoms with Gasteiger partial charge in [-0.2, -0.15) is 0 Å². The van der Waals surface area contributed by atoms with Crippen LogP contribution in [-0.2, 0) is 9.53 Å². The van der Waals surface area contributed by atoms with Crippen LogP contribution in [0.25, 0.3) is 6.08 Å². The Morgan fingerprint density at radius 3 is 2.59 bits per heavy atom. The number of anilines is 1. The van der Waals surface area contributed by atoms with Crippen molar-refractivity contribution in [2.24, 2.45) is 4.99 Å². The number of hydrogen-bond acceptors (Lipinski definition) is 6. The van der Waals surface area contributed by atoms with E-state index in [2.05, 4.69) is 44.7 Å². The molecule has 7 heteroatoms. The topological polar surface area (TPSA) is 54.4 Å². The third kappa shape index (κ3) is 5.88. The molecule has 2 aliphatic heterocycles. The molecule has 1 amide bonds. The fourth-order valence-corrected chi connectivity index (χ4v) is 6.39. The molecule has 2 heterocycles. The third-order valence-corrected chi connectivity index (χ3v) is 8.08. The number of rotatable bonds is 9. The molecule has 1 atom stereocenters. The van der Waals surface area contributed by atoms with Gasteiger partial charge in [-0.3, -0.25) is 9.69 Å². The zero-order valence-electron chi connectivity index (χ0n) is 22.9. The highest BCUT2D eigenvalue weighted by Crippen LogP contribution is 2.46. The monoisotopic (exact) mass is 521 g/mol. The first kappa shape index (κ1) is 27.3. The van der Waals surface area contributed by atoms with E-state index in [-0.39, 0.29) is 11.4 Å². The first-order chi connectivity index (χ1) is 17.8. The molecule has 0 radical (unpaired) electrons. The highest BCUT2D eigenvalue weighted by molar-refractivity contribution is 8.18. The van der Waals surface area contributed by atoms with E-state index < -0.39 is 0 Å². The van der Waals surface area contributed by atoms with E-state index >= 15 is 0 Å². The number of thioether (sulfide) groups is 1. The van der Waals surface area contributed by atoms with Crippen molar-refractivity contribution in [2.75, 3.05) is 38.8 Å². The highest BCUT2D eigenvalue weighted by Gasteiger charge is 2.37. The molecule has 0 saturated carbocycles. The predicted molar refractivity (Wildman–Crippen MR) is 155 cm³/mol. The van der Waals surface area contributed by atoms with Gasteiger partial charge in [0, 0.05) is 49.7 Å². The molecule has 6 nitrogen and oxygen atoms in total. The van der Waals surface area contributed by atoms with Gasteiger partial charge < -0.3 is 14.4 Å². The maximum Gasteiger partial charge on any atom is 0.266 e. The molecule has 1 unspecified atom stereocenters. The number of methoxy groups -OCH3 is 2. The van der Waals surface area contributed by atoms with E-state index in [9.17, 15) is 4.79 Å². The molecule has 0 bridgehead atoms. The molecule has 2 aliphatic rings. The third-order valence-electron chi connectivity index (χ3n) is 7.07. The van der Waals surface area contributed by atoms with Crippen molar-refractivity contribution >= 4 is 40.3 Å². The normalized spacial score (nSPS) is 21.1. The molecule has 198 valence electrons. The Balaban J connectivity index is 1.73. The van der Waals surface area contributed by atoms with Gasteiger partial charge in [0.2, 0.25) is 0 Å². The molecule has 0 aliphatic carbocycles. The quantitative estimate of drug-likeness (QED) is 0.267. The second kappa shape index (κ2) is 11.7. The lowest BCUT2D eigenvalue weighted by atomic mass is 9.79. The molecule has 0 aromatic heterocycles. The molecular formula is C30H39N3O3S. The van der Waals surface area contributed by atoms with Crippen molar-refractivity contribution in [3.05, 3.63) is 58.5 Å². The van der Waals surface area contributed by atoms with E-state index in [0.29, 0.717) is 29.1 Å². The summed E-state index contributed by atoms with van der Waals surface area (Å²) in [5.41, 5.74) is 4.39. The number of fused-ring (bicyclic) bond motifs is 1. The van der Waals surface area contributed by atoms with E-state index in [0.717, 1.165) is 42.8 Å². The zero-order valence-corrected chi connectivity index (χ0v) is 23.7. The van der Waals surface area contributed by atoms with Crippen LogP contribution in [0.15, 0.2) is 52.4 Å². The summed E-state index contributed by atoms with van der Waals surface area (Å²) in [6.45, 7) is 11.3. The summed E-state index contributed by atoms with van der Waals surface area (Å²) < 4.78 is 11.1. The zero-order chi connectivity index (χ0) is 26.6. The number of para-hydroxylation sites is 1. The number of amides is 1. The van der Waals surface area contributed by atoms with Crippen LogP contribution in [-0.4, -0.2) is 55.4 Å². The standard InChI is InChI=1S/C30H39N3O3S/c1-7-14-33-25-19-26(36-6)22(17-24(25)21(2)20-30(33,3)4)18-27-28(34)32(15-11-16-35-5)29(37-27)31-23-12-9-8-10-13-23/h8-10,12-13,17-19,21H,7,11,14-16,20H2,1-6H3/b27-18+,31-29?. The average Bonchev–Trinajstić information content (AvgIpc) is 3.15. The largest absolute Gasteiger partial charge is 0.496 e. The Morgan fingerprint density at radius 1 is 1.16 bits per heavy atom. The number of amidine groups is 1. The van der Waals surface area contributed by atoms with Gasteiger partial charge in [0.25, 0.3) is 5.91 Å². The van der Waals surface area contributed by atoms with Gasteiger partial charge in [0.15, 0.2) is 5.17 Å². The molecule has 2 aromatic rings. The van der Waals surface area contributed by atoms with E-state index in [1.807, 2.05) is 36.4 Å². The number of hydrogen-bond donors (Lipinski definition) is 0. The summed E-state index contributed by atoms with van der Waals surface area (Å²) in [5, 5.41) is 0.694. The number of nitrogens with zero attached hydrogens (tertiary/aromatic N) is 3. The molecule has 1 fully saturated rings. The lowest BCUT2D eigenvalue weighted by Gasteiger charge is -2.47. The van der Waals surface area contributed by atoms with Crippen LogP contribution in [0.5, 0.6) is 5.75 Å². The van der Waals surface area contributed by atoms with Gasteiger partial charge in [-0.05, 0) is 80.6 Å². The van der Waals surface area contributed by atoms with Crippen molar-refractivity contribution in [2.45, 2.75) is 58.4 Å². The van der Waals surface area contributed by atoms with Crippen LogP contribution >= 0.6 is 11.8 Å². The summed E-state index contributed by atoms with van der Waals surface area (Å²) in [6, 6.07) is 14.1. The molecule has 0 spiro atoms. The summed E-state index contributed by atoms with van der Waals surface area (Å²) in [6.07, 6.45) is 4.88. The van der Waals surface area contributed by atoms with Crippen molar-refractivity contribution in [3.63, 3.8) is 0 Å². The summed E-state index contributed by atoms with van der Waals surface area (Å²) in [7, 11) is 3.38. The SMILES string of the molecule is CCCN1c2cc(OC)c(/C=C3/SC(=Nc4ccccc4)N(CCCOC)C3=O)cc2C(C)CC1(C)C. The Bertz CT molecular complexity index is 1180. The van der Waals surface area contributed by atoms with Crippen LogP contribution in [0.4, 0.5) is 11.4 Å². The Kier molecular flexibility index (Phi) is 8.65. The van der Waals surface area contributed by atoms with Crippen molar-refractivity contribution in [1.82, 2.24) is 4.90 Å². The van der Waals surface area contributed by atoms with Crippen molar-refractivity contribution < 1.29 is 14.3 Å². The molecule has 37 heavy (non-hydrogen) atoms. The minimum absolute atomic E-state index is 0.0302. The highest BCUT2D eigenvalue weighted by atomic mass is 32.2. The van der Waals surface area contributed by atoms with Gasteiger partial charge in [0.1, 0.15) is 5.75 Å². The maximum atomic E-state index is 13.5. The Morgan fingerprint density at radius 2 is 1.92 bits per heavy atom. The number of ether oxygens (including phenoxy) is 2. The molecule has 0 N–H and O–H groups in total. The van der Waals surface area contributed by atoms with Crippen molar-refractivity contribution in [1.29, 1.82) is 0 Å². The maximum absolute atomic E-state index is 13.5. The van der Waals surface area contributed by atoms with Gasteiger partial charge in [0.05, 0.1) is 17.7 Å². The minimum Gasteiger partial charge on any atom is -0.496 e. The lowest BCUT2D eigenvalue weighted by molar-refractivity contribution is -0.122. The van der Waals surface area contributed by atoms with Gasteiger partial charge in [-0.15, -0.1) is 0 Å². The van der Waals surface area contributed by atoms with Crippen LogP contribution in [0.2, 0.25) is 0 Å². The summed E-state index contributed by atoms with van der Waals surface area (Å²) >= 11 is 1.42. The number of carbonyl (C=O) groups excluding carboxylic acids is 1. The van der Waals surface area contributed by atoms with Crippen LogP contribution < -0.4 is 9.64 Å². The number of carbonyl (C=O) groups is 1. The molecule has 4 rings (SSSR count). The van der Waals surface area contributed by atoms with E-state index in [1.54, 1.807) is 19.1 Å². The first-order valence-electron chi connectivity index (χ1n) is 13.1. The van der Waals surface area contributed by atoms with Gasteiger partial charge >= 0.3 is 0 Å². The number of aliphatic imine (C=N–C) groups is 1. The molecule has 1 saturated heterocycles. The van der Waals surface area contributed by atoms with Gasteiger partial charge in [-0.1, -0.05) is 32.0 Å². The molecule has 2 aromatic carbocycles.